The number of benzene rings is 4. The van der Waals surface area contributed by atoms with Gasteiger partial charge >= 0.3 is 0 Å². The highest BCUT2D eigenvalue weighted by Crippen LogP contribution is 2.30. The van der Waals surface area contributed by atoms with Crippen LogP contribution in [-0.4, -0.2) is 12.5 Å². The van der Waals surface area contributed by atoms with Gasteiger partial charge in [0.15, 0.2) is 11.5 Å². The van der Waals surface area contributed by atoms with Crippen LogP contribution in [0.15, 0.2) is 101 Å². The highest BCUT2D eigenvalue weighted by molar-refractivity contribution is 9.10. The number of nitrogens with zero attached hydrogens (tertiary/aromatic N) is 1. The lowest BCUT2D eigenvalue weighted by molar-refractivity contribution is -0.112. The predicted molar refractivity (Wildman–Crippen MR) is 161 cm³/mol. The van der Waals surface area contributed by atoms with Gasteiger partial charge in [-0.15, -0.1) is 0 Å². The summed E-state index contributed by atoms with van der Waals surface area (Å²) in [5, 5.41) is 13.1. The largest absolute Gasteiger partial charge is 0.490 e. The van der Waals surface area contributed by atoms with Crippen LogP contribution in [0, 0.1) is 11.3 Å². The Hall–Kier alpha value is -4.25. The monoisotopic (exact) mass is 616 g/mol. The molecule has 0 radical (unpaired) electrons. The Bertz CT molecular complexity index is 1530. The molecule has 0 atom stereocenters. The van der Waals surface area contributed by atoms with E-state index in [0.29, 0.717) is 53.3 Å². The first-order valence-electron chi connectivity index (χ1n) is 12.5. The van der Waals surface area contributed by atoms with Crippen molar-refractivity contribution in [3.05, 3.63) is 123 Å². The van der Waals surface area contributed by atoms with Crippen molar-refractivity contribution < 1.29 is 19.0 Å². The van der Waals surface area contributed by atoms with Crippen molar-refractivity contribution in [3.8, 4) is 23.3 Å². The molecular weight excluding hydrogens is 592 g/mol. The van der Waals surface area contributed by atoms with Gasteiger partial charge in [0, 0.05) is 15.2 Å². The second-order valence-corrected chi connectivity index (χ2v) is 9.97. The van der Waals surface area contributed by atoms with E-state index in [0.717, 1.165) is 15.6 Å². The van der Waals surface area contributed by atoms with Crippen LogP contribution in [0.4, 0.5) is 5.69 Å². The van der Waals surface area contributed by atoms with Crippen LogP contribution < -0.4 is 19.5 Å². The first-order chi connectivity index (χ1) is 19.4. The highest BCUT2D eigenvalue weighted by Gasteiger charge is 2.12. The molecule has 0 saturated heterocycles. The van der Waals surface area contributed by atoms with Crippen LogP contribution in [-0.2, 0) is 18.0 Å². The minimum Gasteiger partial charge on any atom is -0.490 e. The Morgan fingerprint density at radius 2 is 1.65 bits per heavy atom. The number of carbonyl (C=O) groups is 1. The van der Waals surface area contributed by atoms with Crippen LogP contribution in [0.5, 0.6) is 17.2 Å². The SMILES string of the molecule is CCOc1cc(/C=C(\C#N)C(=O)Nc2ccc(OCc3ccc(Br)cc3)cc2)ccc1OCc1cccc(Cl)c1. The maximum atomic E-state index is 12.8. The van der Waals surface area contributed by atoms with Gasteiger partial charge in [0.2, 0.25) is 0 Å². The Kier molecular flexibility index (Phi) is 10.2. The maximum absolute atomic E-state index is 12.8. The molecule has 4 aromatic rings. The fourth-order valence-corrected chi connectivity index (χ4v) is 4.16. The molecule has 0 aliphatic heterocycles. The lowest BCUT2D eigenvalue weighted by Crippen LogP contribution is -2.13. The summed E-state index contributed by atoms with van der Waals surface area (Å²) in [6.45, 7) is 3.04. The van der Waals surface area contributed by atoms with E-state index in [1.807, 2.05) is 55.5 Å². The molecular formula is C32H26BrClN2O4. The number of anilines is 1. The summed E-state index contributed by atoms with van der Waals surface area (Å²) in [6.07, 6.45) is 1.51. The van der Waals surface area contributed by atoms with E-state index in [9.17, 15) is 10.1 Å². The highest BCUT2D eigenvalue weighted by atomic mass is 79.9. The summed E-state index contributed by atoms with van der Waals surface area (Å²) in [7, 11) is 0. The van der Waals surface area contributed by atoms with Crippen molar-refractivity contribution in [2.24, 2.45) is 0 Å². The molecule has 4 rings (SSSR count). The second kappa shape index (κ2) is 14.2. The molecule has 0 heterocycles. The molecule has 6 nitrogen and oxygen atoms in total. The van der Waals surface area contributed by atoms with Crippen LogP contribution in [0.1, 0.15) is 23.6 Å². The number of hydrogen-bond donors (Lipinski definition) is 1. The standard InChI is InChI=1S/C32H26BrClN2O4/c1-2-38-31-18-23(8-15-30(31)40-21-24-4-3-5-27(34)17-24)16-25(19-35)32(37)36-28-11-13-29(14-12-28)39-20-22-6-9-26(33)10-7-22/h3-18H,2,20-21H2,1H3,(H,36,37)/b25-16+. The van der Waals surface area contributed by atoms with Gasteiger partial charge in [-0.1, -0.05) is 57.9 Å². The molecule has 0 unspecified atom stereocenters. The normalized spacial score (nSPS) is 10.9. The number of nitrogens with one attached hydrogen (secondary N) is 1. The molecule has 8 heteroatoms. The third-order valence-corrected chi connectivity index (χ3v) is 6.42. The van der Waals surface area contributed by atoms with E-state index >= 15 is 0 Å². The van der Waals surface area contributed by atoms with E-state index in [2.05, 4.69) is 21.2 Å². The van der Waals surface area contributed by atoms with Crippen molar-refractivity contribution in [1.29, 1.82) is 5.26 Å². The van der Waals surface area contributed by atoms with Crippen molar-refractivity contribution >= 4 is 45.2 Å². The lowest BCUT2D eigenvalue weighted by Gasteiger charge is -2.13. The molecule has 0 aliphatic carbocycles. The van der Waals surface area contributed by atoms with Crippen molar-refractivity contribution in [1.82, 2.24) is 0 Å². The van der Waals surface area contributed by atoms with E-state index in [4.69, 9.17) is 25.8 Å². The maximum Gasteiger partial charge on any atom is 0.266 e. The molecule has 0 saturated carbocycles. The quantitative estimate of drug-likeness (QED) is 0.136. The minimum atomic E-state index is -0.523. The topological polar surface area (TPSA) is 80.6 Å². The summed E-state index contributed by atoms with van der Waals surface area (Å²) in [5.41, 5.74) is 3.08. The number of ether oxygens (including phenoxy) is 3. The zero-order valence-corrected chi connectivity index (χ0v) is 24.0. The third kappa shape index (κ3) is 8.37. The number of nitriles is 1. The number of rotatable bonds is 11. The van der Waals surface area contributed by atoms with Crippen LogP contribution in [0.2, 0.25) is 5.02 Å². The summed E-state index contributed by atoms with van der Waals surface area (Å²) in [5.74, 6) is 1.20. The first kappa shape index (κ1) is 28.8. The average molecular weight is 618 g/mol. The molecule has 0 bridgehead atoms. The van der Waals surface area contributed by atoms with Gasteiger partial charge in [0.25, 0.3) is 5.91 Å². The summed E-state index contributed by atoms with van der Waals surface area (Å²) in [6, 6.07) is 29.5. The Labute approximate surface area is 246 Å². The van der Waals surface area contributed by atoms with Gasteiger partial charge in [0.05, 0.1) is 6.61 Å². The lowest BCUT2D eigenvalue weighted by atomic mass is 10.1. The first-order valence-corrected chi connectivity index (χ1v) is 13.6. The third-order valence-electron chi connectivity index (χ3n) is 5.66. The predicted octanol–water partition coefficient (Wildman–Crippen LogP) is 8.20. The van der Waals surface area contributed by atoms with Crippen LogP contribution >= 0.6 is 27.5 Å². The summed E-state index contributed by atoms with van der Waals surface area (Å²) >= 11 is 9.48. The molecule has 0 aromatic heterocycles. The fourth-order valence-electron chi connectivity index (χ4n) is 3.69. The van der Waals surface area contributed by atoms with E-state index in [1.54, 1.807) is 48.5 Å². The molecule has 0 fully saturated rings. The number of amides is 1. The number of halogens is 2. The van der Waals surface area contributed by atoms with E-state index in [-0.39, 0.29) is 5.57 Å². The van der Waals surface area contributed by atoms with E-state index in [1.165, 1.54) is 6.08 Å². The molecule has 40 heavy (non-hydrogen) atoms. The molecule has 1 amide bonds. The molecule has 1 N–H and O–H groups in total. The van der Waals surface area contributed by atoms with Crippen LogP contribution in [0.25, 0.3) is 6.08 Å². The zero-order chi connectivity index (χ0) is 28.3. The Morgan fingerprint density at radius 1 is 0.900 bits per heavy atom. The second-order valence-electron chi connectivity index (χ2n) is 8.62. The van der Waals surface area contributed by atoms with E-state index < -0.39 is 5.91 Å². The van der Waals surface area contributed by atoms with Crippen molar-refractivity contribution in [3.63, 3.8) is 0 Å². The van der Waals surface area contributed by atoms with Gasteiger partial charge in [-0.3, -0.25) is 4.79 Å². The summed E-state index contributed by atoms with van der Waals surface area (Å²) in [4.78, 5) is 12.8. The Morgan fingerprint density at radius 3 is 2.35 bits per heavy atom. The smallest absolute Gasteiger partial charge is 0.266 e. The summed E-state index contributed by atoms with van der Waals surface area (Å²) < 4.78 is 18.5. The van der Waals surface area contributed by atoms with Crippen LogP contribution in [0.3, 0.4) is 0 Å². The van der Waals surface area contributed by atoms with Gasteiger partial charge < -0.3 is 19.5 Å². The zero-order valence-electron chi connectivity index (χ0n) is 21.7. The van der Waals surface area contributed by atoms with Crippen molar-refractivity contribution in [2.45, 2.75) is 20.1 Å². The molecule has 4 aromatic carbocycles. The minimum absolute atomic E-state index is 0.0504. The van der Waals surface area contributed by atoms with Gasteiger partial charge in [-0.25, -0.2) is 0 Å². The Balaban J connectivity index is 1.39. The van der Waals surface area contributed by atoms with Gasteiger partial charge in [-0.2, -0.15) is 5.26 Å². The van der Waals surface area contributed by atoms with Gasteiger partial charge in [0.1, 0.15) is 30.6 Å². The molecule has 0 aliphatic rings. The van der Waals surface area contributed by atoms with Gasteiger partial charge in [-0.05, 0) is 90.4 Å². The molecule has 0 spiro atoms. The molecule has 202 valence electrons. The van der Waals surface area contributed by atoms with Crippen molar-refractivity contribution in [2.75, 3.05) is 11.9 Å². The number of hydrogen-bond acceptors (Lipinski definition) is 5. The average Bonchev–Trinajstić information content (AvgIpc) is 2.96. The number of carbonyl (C=O) groups excluding carboxylic acids is 1. The fraction of sp³-hybridized carbons (Fsp3) is 0.125.